The molecule has 0 aromatic heterocycles. The van der Waals surface area contributed by atoms with Gasteiger partial charge in [0.1, 0.15) is 20.1 Å². The predicted molar refractivity (Wildman–Crippen MR) is 71.0 cm³/mol. The van der Waals surface area contributed by atoms with Crippen LogP contribution in [0.4, 0.5) is 0 Å². The number of hydrogen-bond donors (Lipinski definition) is 3. The summed E-state index contributed by atoms with van der Waals surface area (Å²) in [6, 6.07) is 0. The molecular formula is C10H20N8+2. The van der Waals surface area contributed by atoms with E-state index in [0.29, 0.717) is 0 Å². The van der Waals surface area contributed by atoms with Gasteiger partial charge in [0.25, 0.3) is 0 Å². The molecule has 0 aromatic carbocycles. The van der Waals surface area contributed by atoms with Gasteiger partial charge >= 0.3 is 5.96 Å². The van der Waals surface area contributed by atoms with Crippen LogP contribution >= 0.6 is 0 Å². The molecule has 8 nitrogen and oxygen atoms in total. The van der Waals surface area contributed by atoms with E-state index in [1.54, 1.807) is 22.1 Å². The van der Waals surface area contributed by atoms with Crippen molar-refractivity contribution in [3.63, 3.8) is 0 Å². The fourth-order valence-corrected chi connectivity index (χ4v) is 1.71. The maximum atomic E-state index is 4.26. The summed E-state index contributed by atoms with van der Waals surface area (Å²) in [5.41, 5.74) is 0. The zero-order valence-corrected chi connectivity index (χ0v) is 10.8. The number of guanidine groups is 2. The van der Waals surface area contributed by atoms with Crippen LogP contribution in [0.15, 0.2) is 15.2 Å². The van der Waals surface area contributed by atoms with E-state index in [1.165, 1.54) is 0 Å². The van der Waals surface area contributed by atoms with Crippen LogP contribution in [0, 0.1) is 0 Å². The number of hydrazone groups is 2. The van der Waals surface area contributed by atoms with Crippen molar-refractivity contribution in [1.29, 1.82) is 0 Å². The highest BCUT2D eigenvalue weighted by Gasteiger charge is 2.20. The van der Waals surface area contributed by atoms with Crippen molar-refractivity contribution < 1.29 is 10.0 Å². The van der Waals surface area contributed by atoms with Gasteiger partial charge in [-0.15, -0.1) is 0 Å². The number of aliphatic imine (C=N–C) groups is 1. The van der Waals surface area contributed by atoms with Gasteiger partial charge in [-0.2, -0.15) is 5.10 Å². The lowest BCUT2D eigenvalue weighted by Gasteiger charge is -2.11. The minimum Gasteiger partial charge on any atom is -0.353 e. The van der Waals surface area contributed by atoms with E-state index in [2.05, 4.69) is 31.1 Å². The molecule has 0 bridgehead atoms. The molecule has 0 radical (unpaired) electrons. The molecule has 0 spiro atoms. The second-order valence-electron chi connectivity index (χ2n) is 4.01. The van der Waals surface area contributed by atoms with Crippen molar-refractivity contribution in [3.8, 4) is 0 Å². The Hall–Kier alpha value is -1.96. The van der Waals surface area contributed by atoms with Gasteiger partial charge in [-0.25, -0.2) is 20.6 Å². The molecule has 0 atom stereocenters. The second-order valence-corrected chi connectivity index (χ2v) is 4.01. The summed E-state index contributed by atoms with van der Waals surface area (Å²) in [7, 11) is 3.76. The minimum absolute atomic E-state index is 0.799. The van der Waals surface area contributed by atoms with E-state index >= 15 is 0 Å². The van der Waals surface area contributed by atoms with Crippen LogP contribution in [-0.4, -0.2) is 74.3 Å². The average molecular weight is 252 g/mol. The largest absolute Gasteiger partial charge is 0.466 e. The highest BCUT2D eigenvalue weighted by molar-refractivity contribution is 6.15. The summed E-state index contributed by atoms with van der Waals surface area (Å²) < 4.78 is 1.80. The molecule has 4 N–H and O–H groups in total. The van der Waals surface area contributed by atoms with Gasteiger partial charge < -0.3 is 5.32 Å². The van der Waals surface area contributed by atoms with Crippen LogP contribution in [0.3, 0.4) is 0 Å². The maximum Gasteiger partial charge on any atom is 0.466 e. The summed E-state index contributed by atoms with van der Waals surface area (Å²) in [6.45, 7) is 3.73. The molecule has 2 heterocycles. The van der Waals surface area contributed by atoms with Crippen molar-refractivity contribution in [2.75, 3.05) is 40.3 Å². The van der Waals surface area contributed by atoms with Crippen LogP contribution in [0.5, 0.6) is 0 Å². The van der Waals surface area contributed by atoms with Crippen LogP contribution in [-0.2, 0) is 0 Å². The highest BCUT2D eigenvalue weighted by atomic mass is 15.5. The third-order valence-electron chi connectivity index (χ3n) is 2.65. The number of nitrogens with one attached hydrogen (secondary N) is 2. The van der Waals surface area contributed by atoms with Crippen LogP contribution in [0.1, 0.15) is 0 Å². The van der Waals surface area contributed by atoms with Crippen molar-refractivity contribution in [2.24, 2.45) is 15.2 Å². The van der Waals surface area contributed by atoms with E-state index in [9.17, 15) is 0 Å². The third kappa shape index (κ3) is 3.27. The summed E-state index contributed by atoms with van der Waals surface area (Å²) in [4.78, 5) is 4.26. The fourth-order valence-electron chi connectivity index (χ4n) is 1.71. The van der Waals surface area contributed by atoms with Crippen molar-refractivity contribution in [3.05, 3.63) is 0 Å². The second kappa shape index (κ2) is 6.10. The molecule has 0 saturated carbocycles. The topological polar surface area (TPSA) is 84.0 Å². The minimum atomic E-state index is 0.799. The Bertz CT molecular complexity index is 400. The zero-order chi connectivity index (χ0) is 12.8. The molecule has 2 aliphatic heterocycles. The monoisotopic (exact) mass is 252 g/mol. The number of quaternary nitrogens is 1. The highest BCUT2D eigenvalue weighted by Crippen LogP contribution is 1.90. The Morgan fingerprint density at radius 3 is 2.94 bits per heavy atom. The predicted octanol–water partition coefficient (Wildman–Crippen LogP) is -2.99. The lowest BCUT2D eigenvalue weighted by Crippen LogP contribution is -2.87. The summed E-state index contributed by atoms with van der Waals surface area (Å²) >= 11 is 0. The maximum absolute atomic E-state index is 4.26. The molecule has 0 unspecified atom stereocenters. The Kier molecular flexibility index (Phi) is 4.24. The molecule has 1 fully saturated rings. The molecule has 2 aliphatic rings. The summed E-state index contributed by atoms with van der Waals surface area (Å²) in [5, 5.41) is 18.7. The zero-order valence-electron chi connectivity index (χ0n) is 10.8. The first-order valence-corrected chi connectivity index (χ1v) is 6.04. The quantitative estimate of drug-likeness (QED) is 0.285. The Morgan fingerprint density at radius 2 is 2.28 bits per heavy atom. The Balaban J connectivity index is 1.84. The molecule has 0 aromatic rings. The lowest BCUT2D eigenvalue weighted by atomic mass is 10.7. The Morgan fingerprint density at radius 1 is 1.39 bits per heavy atom. The van der Waals surface area contributed by atoms with E-state index < -0.39 is 0 Å². The van der Waals surface area contributed by atoms with Crippen molar-refractivity contribution in [2.45, 2.75) is 0 Å². The molecular weight excluding hydrogens is 232 g/mol. The van der Waals surface area contributed by atoms with Crippen molar-refractivity contribution in [1.82, 2.24) is 15.6 Å². The molecule has 0 amide bonds. The van der Waals surface area contributed by atoms with Gasteiger partial charge in [0.2, 0.25) is 5.96 Å². The first kappa shape index (κ1) is 12.5. The first-order valence-electron chi connectivity index (χ1n) is 6.04. The SMILES string of the molecule is CN(/N=C\C=N/[N+](C)=C1NCC[NH2+]1)C1=NCCN1. The number of rotatable bonds is 3. The van der Waals surface area contributed by atoms with Gasteiger partial charge in [0.05, 0.1) is 19.0 Å². The van der Waals surface area contributed by atoms with Gasteiger partial charge in [-0.1, -0.05) is 9.79 Å². The van der Waals surface area contributed by atoms with E-state index in [0.717, 1.165) is 38.1 Å². The standard InChI is InChI=1S/C10H18N8/c1-17(9-11-3-4-12-9)15-7-8-16-18(2)10-13-5-6-14-10/h7-8H,3-6H2,1-2H3,(H2,11,12,13,14)/p+2/b15-7-,16-8-. The number of hydrogen-bond acceptors (Lipinski definition) is 5. The first-order chi connectivity index (χ1) is 8.77. The molecule has 98 valence electrons. The molecule has 8 heteroatoms. The fraction of sp³-hybridized carbons (Fsp3) is 0.600. The molecule has 0 aliphatic carbocycles. The van der Waals surface area contributed by atoms with Crippen molar-refractivity contribution >= 4 is 24.3 Å². The normalized spacial score (nSPS) is 22.2. The van der Waals surface area contributed by atoms with E-state index in [-0.39, 0.29) is 0 Å². The van der Waals surface area contributed by atoms with E-state index in [4.69, 9.17) is 0 Å². The lowest BCUT2D eigenvalue weighted by molar-refractivity contribution is -0.619. The van der Waals surface area contributed by atoms with Gasteiger partial charge in [0.15, 0.2) is 0 Å². The smallest absolute Gasteiger partial charge is 0.353 e. The number of nitrogens with zero attached hydrogens (tertiary/aromatic N) is 5. The molecule has 18 heavy (non-hydrogen) atoms. The van der Waals surface area contributed by atoms with Crippen LogP contribution < -0.4 is 16.0 Å². The van der Waals surface area contributed by atoms with Gasteiger partial charge in [0, 0.05) is 13.6 Å². The summed E-state index contributed by atoms with van der Waals surface area (Å²) in [6.07, 6.45) is 3.31. The van der Waals surface area contributed by atoms with Gasteiger partial charge in [-0.3, -0.25) is 0 Å². The van der Waals surface area contributed by atoms with Gasteiger partial charge in [-0.05, 0) is 0 Å². The molecule has 1 saturated heterocycles. The van der Waals surface area contributed by atoms with Crippen LogP contribution in [0.25, 0.3) is 0 Å². The summed E-state index contributed by atoms with van der Waals surface area (Å²) in [5.74, 6) is 1.84. The Labute approximate surface area is 106 Å². The molecule has 2 rings (SSSR count). The van der Waals surface area contributed by atoms with E-state index in [1.807, 2.05) is 14.1 Å². The van der Waals surface area contributed by atoms with Crippen LogP contribution in [0.2, 0.25) is 0 Å². The third-order valence-corrected chi connectivity index (χ3v) is 2.65. The average Bonchev–Trinajstić information content (AvgIpc) is 3.05. The number of nitrogens with two attached hydrogens (primary N) is 1.